The van der Waals surface area contributed by atoms with Gasteiger partial charge in [0.15, 0.2) is 6.10 Å². The number of ketones is 1. The molecule has 0 aliphatic carbocycles. The first-order valence-corrected chi connectivity index (χ1v) is 10.1. The second-order valence-electron chi connectivity index (χ2n) is 6.89. The van der Waals surface area contributed by atoms with Gasteiger partial charge in [-0.05, 0) is 62.7 Å². The van der Waals surface area contributed by atoms with E-state index in [1.807, 2.05) is 24.3 Å². The maximum absolute atomic E-state index is 12.2. The summed E-state index contributed by atoms with van der Waals surface area (Å²) >= 11 is 1.62. The molecular formula is C22H22N2O4S. The van der Waals surface area contributed by atoms with Crippen LogP contribution in [0.2, 0.25) is 0 Å². The van der Waals surface area contributed by atoms with Crippen LogP contribution in [0.25, 0.3) is 20.8 Å². The minimum absolute atomic E-state index is 0.0245. The van der Waals surface area contributed by atoms with E-state index in [1.54, 1.807) is 23.5 Å². The zero-order chi connectivity index (χ0) is 21.0. The summed E-state index contributed by atoms with van der Waals surface area (Å²) in [6.45, 7) is 4.96. The molecule has 0 bridgehead atoms. The molecule has 1 N–H and O–H groups in total. The Bertz CT molecular complexity index is 1060. The number of carbonyl (C=O) groups is 3. The van der Waals surface area contributed by atoms with Crippen molar-refractivity contribution >= 4 is 44.9 Å². The van der Waals surface area contributed by atoms with Crippen molar-refractivity contribution < 1.29 is 19.1 Å². The van der Waals surface area contributed by atoms with E-state index in [4.69, 9.17) is 4.74 Å². The van der Waals surface area contributed by atoms with E-state index in [1.165, 1.54) is 19.4 Å². The summed E-state index contributed by atoms with van der Waals surface area (Å²) in [4.78, 5) is 39.4. The molecule has 1 amide bonds. The summed E-state index contributed by atoms with van der Waals surface area (Å²) < 4.78 is 6.20. The number of benzene rings is 2. The second-order valence-corrected chi connectivity index (χ2v) is 7.92. The predicted molar refractivity (Wildman–Crippen MR) is 114 cm³/mol. The van der Waals surface area contributed by atoms with Gasteiger partial charge in [0.25, 0.3) is 5.91 Å². The second kappa shape index (κ2) is 8.96. The molecule has 29 heavy (non-hydrogen) atoms. The van der Waals surface area contributed by atoms with Crippen LogP contribution in [0.3, 0.4) is 0 Å². The van der Waals surface area contributed by atoms with E-state index in [-0.39, 0.29) is 18.6 Å². The highest BCUT2D eigenvalue weighted by Gasteiger charge is 2.18. The molecule has 1 aromatic heterocycles. The number of fused-ring (bicyclic) bond motifs is 1. The van der Waals surface area contributed by atoms with Gasteiger partial charge in [-0.2, -0.15) is 0 Å². The Morgan fingerprint density at radius 3 is 2.52 bits per heavy atom. The van der Waals surface area contributed by atoms with Crippen molar-refractivity contribution in [3.63, 3.8) is 0 Å². The first-order valence-electron chi connectivity index (χ1n) is 9.29. The number of Topliss-reactive ketones (excluding diaryl/α,β-unsaturated/α-hetero) is 1. The molecule has 0 saturated carbocycles. The van der Waals surface area contributed by atoms with Gasteiger partial charge in [-0.25, -0.2) is 4.98 Å². The number of anilines is 1. The van der Waals surface area contributed by atoms with Crippen LogP contribution in [-0.2, 0) is 19.1 Å². The van der Waals surface area contributed by atoms with Crippen LogP contribution in [0.4, 0.5) is 5.69 Å². The number of esters is 1. The standard InChI is InChI=1S/C22H22N2O4S/c1-13-4-10-18-19(12-13)29-22(24-18)16-6-8-17(9-7-16)23-21(27)15(3)28-20(26)11-5-14(2)25/h4,6-10,12,15H,5,11H2,1-3H3,(H,23,27)/t15-/m0/s1. The van der Waals surface area contributed by atoms with Crippen LogP contribution in [0, 0.1) is 6.92 Å². The Kier molecular flexibility index (Phi) is 6.39. The number of carbonyl (C=O) groups excluding carboxylic acids is 3. The molecule has 3 rings (SSSR count). The molecule has 1 heterocycles. The number of nitrogens with zero attached hydrogens (tertiary/aromatic N) is 1. The molecule has 7 heteroatoms. The molecule has 150 valence electrons. The average molecular weight is 410 g/mol. The number of aryl methyl sites for hydroxylation is 1. The summed E-state index contributed by atoms with van der Waals surface area (Å²) in [5.41, 5.74) is 3.73. The highest BCUT2D eigenvalue weighted by molar-refractivity contribution is 7.21. The Balaban J connectivity index is 1.61. The molecule has 0 fully saturated rings. The van der Waals surface area contributed by atoms with Crippen LogP contribution in [-0.4, -0.2) is 28.7 Å². The Hall–Kier alpha value is -3.06. The van der Waals surface area contributed by atoms with Gasteiger partial charge in [-0.15, -0.1) is 11.3 Å². The fourth-order valence-corrected chi connectivity index (χ4v) is 3.75. The van der Waals surface area contributed by atoms with E-state index in [0.717, 1.165) is 20.8 Å². The number of thiazole rings is 1. The molecule has 0 radical (unpaired) electrons. The van der Waals surface area contributed by atoms with Crippen molar-refractivity contribution in [3.05, 3.63) is 48.0 Å². The van der Waals surface area contributed by atoms with Gasteiger partial charge in [-0.3, -0.25) is 9.59 Å². The van der Waals surface area contributed by atoms with Gasteiger partial charge in [0, 0.05) is 17.7 Å². The van der Waals surface area contributed by atoms with E-state index in [9.17, 15) is 14.4 Å². The third kappa shape index (κ3) is 5.48. The SMILES string of the molecule is CC(=O)CCC(=O)O[C@@H](C)C(=O)Nc1ccc(-c2nc3ccc(C)cc3s2)cc1. The minimum Gasteiger partial charge on any atom is -0.453 e. The third-order valence-corrected chi connectivity index (χ3v) is 5.37. The molecule has 0 spiro atoms. The zero-order valence-electron chi connectivity index (χ0n) is 16.5. The summed E-state index contributed by atoms with van der Waals surface area (Å²) in [6.07, 6.45) is -0.856. The summed E-state index contributed by atoms with van der Waals surface area (Å²) in [5, 5.41) is 3.64. The van der Waals surface area contributed by atoms with Crippen LogP contribution in [0.5, 0.6) is 0 Å². The lowest BCUT2D eigenvalue weighted by molar-refractivity contribution is -0.153. The normalized spacial score (nSPS) is 11.8. The first kappa shape index (κ1) is 20.7. The maximum atomic E-state index is 12.2. The zero-order valence-corrected chi connectivity index (χ0v) is 17.3. The lowest BCUT2D eigenvalue weighted by atomic mass is 10.2. The largest absolute Gasteiger partial charge is 0.453 e. The number of aromatic nitrogens is 1. The van der Waals surface area contributed by atoms with Gasteiger partial charge in [0.1, 0.15) is 10.8 Å². The van der Waals surface area contributed by atoms with E-state index < -0.39 is 18.0 Å². The van der Waals surface area contributed by atoms with Crippen molar-refractivity contribution in [2.24, 2.45) is 0 Å². The van der Waals surface area contributed by atoms with Gasteiger partial charge < -0.3 is 14.8 Å². The van der Waals surface area contributed by atoms with E-state index in [0.29, 0.717) is 5.69 Å². The topological polar surface area (TPSA) is 85.4 Å². The van der Waals surface area contributed by atoms with Gasteiger partial charge in [0.2, 0.25) is 0 Å². The quantitative estimate of drug-likeness (QED) is 0.579. The fraction of sp³-hybridized carbons (Fsp3) is 0.273. The molecule has 0 aliphatic heterocycles. The number of ether oxygens (including phenoxy) is 1. The van der Waals surface area contributed by atoms with Crippen LogP contribution >= 0.6 is 11.3 Å². The van der Waals surface area contributed by atoms with Gasteiger partial charge in [0.05, 0.1) is 16.6 Å². The Morgan fingerprint density at radius 1 is 1.10 bits per heavy atom. The fourth-order valence-electron chi connectivity index (χ4n) is 2.68. The lowest BCUT2D eigenvalue weighted by Gasteiger charge is -2.13. The number of hydrogen-bond acceptors (Lipinski definition) is 6. The van der Waals surface area contributed by atoms with Crippen LogP contribution in [0.1, 0.15) is 32.3 Å². The molecule has 2 aromatic carbocycles. The molecule has 0 aliphatic rings. The van der Waals surface area contributed by atoms with Crippen molar-refractivity contribution in [2.75, 3.05) is 5.32 Å². The predicted octanol–water partition coefficient (Wildman–Crippen LogP) is 4.51. The van der Waals surface area contributed by atoms with Crippen LogP contribution < -0.4 is 5.32 Å². The van der Waals surface area contributed by atoms with Gasteiger partial charge in [-0.1, -0.05) is 6.07 Å². The molecule has 3 aromatic rings. The number of rotatable bonds is 7. The summed E-state index contributed by atoms with van der Waals surface area (Å²) in [5.74, 6) is -1.09. The molecule has 0 saturated heterocycles. The Morgan fingerprint density at radius 2 is 1.83 bits per heavy atom. The summed E-state index contributed by atoms with van der Waals surface area (Å²) in [6, 6.07) is 13.5. The molecule has 0 unspecified atom stereocenters. The van der Waals surface area contributed by atoms with Crippen LogP contribution in [0.15, 0.2) is 42.5 Å². The van der Waals surface area contributed by atoms with Gasteiger partial charge >= 0.3 is 5.97 Å². The molecular weight excluding hydrogens is 388 g/mol. The van der Waals surface area contributed by atoms with Crippen molar-refractivity contribution in [1.82, 2.24) is 4.98 Å². The number of nitrogens with one attached hydrogen (secondary N) is 1. The smallest absolute Gasteiger partial charge is 0.307 e. The van der Waals surface area contributed by atoms with Crippen molar-refractivity contribution in [2.45, 2.75) is 39.7 Å². The lowest BCUT2D eigenvalue weighted by Crippen LogP contribution is -2.30. The molecule has 1 atom stereocenters. The summed E-state index contributed by atoms with van der Waals surface area (Å²) in [7, 11) is 0. The highest BCUT2D eigenvalue weighted by atomic mass is 32.1. The first-order chi connectivity index (χ1) is 13.8. The minimum atomic E-state index is -0.943. The monoisotopic (exact) mass is 410 g/mol. The van der Waals surface area contributed by atoms with Crippen molar-refractivity contribution in [3.8, 4) is 10.6 Å². The van der Waals surface area contributed by atoms with Crippen molar-refractivity contribution in [1.29, 1.82) is 0 Å². The maximum Gasteiger partial charge on any atom is 0.307 e. The Labute approximate surface area is 172 Å². The average Bonchev–Trinajstić information content (AvgIpc) is 3.10. The number of hydrogen-bond donors (Lipinski definition) is 1. The van der Waals surface area contributed by atoms with E-state index >= 15 is 0 Å². The molecule has 6 nitrogen and oxygen atoms in total. The highest BCUT2D eigenvalue weighted by Crippen LogP contribution is 2.31. The van der Waals surface area contributed by atoms with E-state index in [2.05, 4.69) is 23.3 Å². The number of amides is 1. The third-order valence-electron chi connectivity index (χ3n) is 4.30.